The number of carbonyl (C=O) groups excluding carboxylic acids is 2. The van der Waals surface area contributed by atoms with E-state index in [1.165, 1.54) is 0 Å². The Balaban J connectivity index is 0. The van der Waals surface area contributed by atoms with Crippen LogP contribution in [0.3, 0.4) is 0 Å². The topological polar surface area (TPSA) is 84.2 Å². The van der Waals surface area contributed by atoms with Crippen LogP contribution in [0.2, 0.25) is 0 Å². The summed E-state index contributed by atoms with van der Waals surface area (Å²) in [5.74, 6) is 0.324. The number of nitrogens with one attached hydrogen (secondary N) is 2. The minimum absolute atomic E-state index is 0. The Bertz CT molecular complexity index is 260. The molecule has 6 heteroatoms. The third-order valence-electron chi connectivity index (χ3n) is 2.56. The third kappa shape index (κ3) is 12.0. The molecule has 0 aliphatic heterocycles. The predicted molar refractivity (Wildman–Crippen MR) is 80.2 cm³/mol. The molecular weight excluding hydrogens is 266 g/mol. The zero-order chi connectivity index (χ0) is 14.0. The van der Waals surface area contributed by atoms with E-state index in [2.05, 4.69) is 24.5 Å². The normalized spacial score (nSPS) is 11.6. The molecule has 2 amide bonds. The fourth-order valence-corrected chi connectivity index (χ4v) is 1.66. The zero-order valence-electron chi connectivity index (χ0n) is 12.2. The van der Waals surface area contributed by atoms with E-state index in [9.17, 15) is 9.59 Å². The largest absolute Gasteiger partial charge is 0.356 e. The number of hydrogen-bond acceptors (Lipinski definition) is 3. The Morgan fingerprint density at radius 2 is 1.74 bits per heavy atom. The monoisotopic (exact) mass is 293 g/mol. The van der Waals surface area contributed by atoms with Crippen molar-refractivity contribution in [2.45, 2.75) is 52.5 Å². The number of hydrogen-bond donors (Lipinski definition) is 3. The first-order valence-corrected chi connectivity index (χ1v) is 6.75. The van der Waals surface area contributed by atoms with Crippen LogP contribution in [0.4, 0.5) is 0 Å². The SMILES string of the molecule is CCCNC(=O)CCC(=O)NC(CN)CC(C)C.Cl. The van der Waals surface area contributed by atoms with Crippen molar-refractivity contribution in [1.82, 2.24) is 10.6 Å². The van der Waals surface area contributed by atoms with Crippen LogP contribution in [0.15, 0.2) is 0 Å². The second-order valence-corrected chi connectivity index (χ2v) is 4.98. The van der Waals surface area contributed by atoms with Crippen LogP contribution >= 0.6 is 12.4 Å². The highest BCUT2D eigenvalue weighted by atomic mass is 35.5. The molecule has 0 aliphatic carbocycles. The van der Waals surface area contributed by atoms with Crippen molar-refractivity contribution in [3.05, 3.63) is 0 Å². The van der Waals surface area contributed by atoms with Gasteiger partial charge in [0.05, 0.1) is 0 Å². The number of rotatable bonds is 9. The van der Waals surface area contributed by atoms with E-state index in [4.69, 9.17) is 5.73 Å². The first-order chi connectivity index (χ1) is 8.49. The van der Waals surface area contributed by atoms with Crippen molar-refractivity contribution in [3.8, 4) is 0 Å². The van der Waals surface area contributed by atoms with Gasteiger partial charge in [-0.2, -0.15) is 0 Å². The summed E-state index contributed by atoms with van der Waals surface area (Å²) in [6.07, 6.45) is 2.24. The summed E-state index contributed by atoms with van der Waals surface area (Å²) < 4.78 is 0. The van der Waals surface area contributed by atoms with Crippen molar-refractivity contribution < 1.29 is 9.59 Å². The molecule has 4 N–H and O–H groups in total. The molecule has 0 heterocycles. The van der Waals surface area contributed by atoms with Gasteiger partial charge in [0.2, 0.25) is 11.8 Å². The van der Waals surface area contributed by atoms with Crippen LogP contribution in [0, 0.1) is 5.92 Å². The molecule has 0 aromatic heterocycles. The lowest BCUT2D eigenvalue weighted by Gasteiger charge is -2.18. The van der Waals surface area contributed by atoms with Gasteiger partial charge in [-0.15, -0.1) is 12.4 Å². The summed E-state index contributed by atoms with van der Waals surface area (Å²) in [6.45, 7) is 7.27. The second kappa shape index (κ2) is 12.2. The quantitative estimate of drug-likeness (QED) is 0.597. The van der Waals surface area contributed by atoms with E-state index in [0.29, 0.717) is 19.0 Å². The Kier molecular flexibility index (Phi) is 13.2. The van der Waals surface area contributed by atoms with Gasteiger partial charge in [-0.3, -0.25) is 9.59 Å². The molecule has 19 heavy (non-hydrogen) atoms. The fourth-order valence-electron chi connectivity index (χ4n) is 1.66. The van der Waals surface area contributed by atoms with E-state index in [0.717, 1.165) is 12.8 Å². The first kappa shape index (κ1) is 20.5. The maximum atomic E-state index is 11.6. The average molecular weight is 294 g/mol. The molecule has 0 fully saturated rings. The number of halogens is 1. The lowest BCUT2D eigenvalue weighted by Crippen LogP contribution is -2.41. The van der Waals surface area contributed by atoms with Gasteiger partial charge in [-0.25, -0.2) is 0 Å². The van der Waals surface area contributed by atoms with Gasteiger partial charge in [0.1, 0.15) is 0 Å². The Labute approximate surface area is 122 Å². The summed E-state index contributed by atoms with van der Waals surface area (Å²) in [5.41, 5.74) is 5.60. The van der Waals surface area contributed by atoms with Gasteiger partial charge in [0.25, 0.3) is 0 Å². The van der Waals surface area contributed by atoms with Crippen LogP contribution in [-0.2, 0) is 9.59 Å². The number of nitrogens with two attached hydrogens (primary N) is 1. The Morgan fingerprint density at radius 1 is 1.16 bits per heavy atom. The number of carbonyl (C=O) groups is 2. The van der Waals surface area contributed by atoms with Crippen molar-refractivity contribution >= 4 is 24.2 Å². The zero-order valence-corrected chi connectivity index (χ0v) is 13.0. The lowest BCUT2D eigenvalue weighted by atomic mass is 10.0. The summed E-state index contributed by atoms with van der Waals surface area (Å²) in [7, 11) is 0. The molecule has 1 unspecified atom stereocenters. The standard InChI is InChI=1S/C13H27N3O2.ClH/c1-4-7-15-12(17)5-6-13(18)16-11(9-14)8-10(2)3;/h10-11H,4-9,14H2,1-3H3,(H,15,17)(H,16,18);1H. The van der Waals surface area contributed by atoms with Crippen molar-refractivity contribution in [2.75, 3.05) is 13.1 Å². The van der Waals surface area contributed by atoms with E-state index in [-0.39, 0.29) is 43.1 Å². The van der Waals surface area contributed by atoms with Crippen LogP contribution in [-0.4, -0.2) is 30.9 Å². The number of amides is 2. The smallest absolute Gasteiger partial charge is 0.220 e. The Morgan fingerprint density at radius 3 is 2.21 bits per heavy atom. The van der Waals surface area contributed by atoms with E-state index < -0.39 is 0 Å². The summed E-state index contributed by atoms with van der Waals surface area (Å²) in [5, 5.41) is 5.61. The average Bonchev–Trinajstić information content (AvgIpc) is 2.32. The van der Waals surface area contributed by atoms with E-state index in [1.54, 1.807) is 0 Å². The maximum absolute atomic E-state index is 11.6. The van der Waals surface area contributed by atoms with Crippen LogP contribution in [0.25, 0.3) is 0 Å². The van der Waals surface area contributed by atoms with Gasteiger partial charge in [-0.1, -0.05) is 20.8 Å². The molecule has 0 saturated heterocycles. The lowest BCUT2D eigenvalue weighted by molar-refractivity contribution is -0.126. The molecule has 0 aromatic carbocycles. The molecule has 0 saturated carbocycles. The fraction of sp³-hybridized carbons (Fsp3) is 0.846. The van der Waals surface area contributed by atoms with Crippen molar-refractivity contribution in [2.24, 2.45) is 11.7 Å². The summed E-state index contributed by atoms with van der Waals surface area (Å²) >= 11 is 0. The van der Waals surface area contributed by atoms with Gasteiger partial charge in [0, 0.05) is 32.0 Å². The van der Waals surface area contributed by atoms with Crippen LogP contribution in [0.5, 0.6) is 0 Å². The predicted octanol–water partition coefficient (Wildman–Crippen LogP) is 1.20. The minimum Gasteiger partial charge on any atom is -0.356 e. The second-order valence-electron chi connectivity index (χ2n) is 4.98. The van der Waals surface area contributed by atoms with E-state index in [1.807, 2.05) is 6.92 Å². The molecule has 1 atom stereocenters. The highest BCUT2D eigenvalue weighted by molar-refractivity contribution is 5.85. The van der Waals surface area contributed by atoms with Gasteiger partial charge >= 0.3 is 0 Å². The molecule has 0 bridgehead atoms. The van der Waals surface area contributed by atoms with Crippen molar-refractivity contribution in [1.29, 1.82) is 0 Å². The first-order valence-electron chi connectivity index (χ1n) is 6.75. The van der Waals surface area contributed by atoms with Gasteiger partial charge in [0.15, 0.2) is 0 Å². The van der Waals surface area contributed by atoms with Crippen molar-refractivity contribution in [3.63, 3.8) is 0 Å². The Hall–Kier alpha value is -0.810. The maximum Gasteiger partial charge on any atom is 0.220 e. The molecular formula is C13H28ClN3O2. The van der Waals surface area contributed by atoms with Crippen LogP contribution in [0.1, 0.15) is 46.5 Å². The minimum atomic E-state index is -0.0993. The molecule has 0 radical (unpaired) electrons. The highest BCUT2D eigenvalue weighted by Gasteiger charge is 2.13. The highest BCUT2D eigenvalue weighted by Crippen LogP contribution is 2.04. The summed E-state index contributed by atoms with van der Waals surface area (Å²) in [6, 6.07) is 0.0104. The van der Waals surface area contributed by atoms with E-state index >= 15 is 0 Å². The third-order valence-corrected chi connectivity index (χ3v) is 2.56. The van der Waals surface area contributed by atoms with Gasteiger partial charge in [-0.05, 0) is 18.8 Å². The molecule has 114 valence electrons. The van der Waals surface area contributed by atoms with Gasteiger partial charge < -0.3 is 16.4 Å². The molecule has 0 aliphatic rings. The van der Waals surface area contributed by atoms with Crippen LogP contribution < -0.4 is 16.4 Å². The summed E-state index contributed by atoms with van der Waals surface area (Å²) in [4.78, 5) is 22.9. The molecule has 0 spiro atoms. The molecule has 0 rings (SSSR count). The molecule has 5 nitrogen and oxygen atoms in total. The molecule has 0 aromatic rings.